The Kier molecular flexibility index (Phi) is 12.7. The zero-order chi connectivity index (χ0) is 49.8. The third kappa shape index (κ3) is 9.01. The molecule has 2 aromatic heterocycles. The summed E-state index contributed by atoms with van der Waals surface area (Å²) in [5, 5.41) is 2.19. The van der Waals surface area contributed by atoms with Crippen LogP contribution in [0.25, 0.3) is 72.1 Å². The van der Waals surface area contributed by atoms with E-state index in [-0.39, 0.29) is 31.9 Å². The van der Waals surface area contributed by atoms with E-state index in [1.54, 1.807) is 0 Å². The molecule has 0 aliphatic carbocycles. The van der Waals surface area contributed by atoms with Crippen LogP contribution >= 0.6 is 0 Å². The standard InChI is InChI=1S/C68H55N4O.Pt/c1-67(2,3)51-27-16-26-50(40-51)58-32-19-33-62-66(58)71(65-56(47-22-12-8-13-23-47)30-18-31-57(65)48-24-14-9-15-25-48)45-70(62)53-28-17-29-54(43-53)73-55-35-36-59-60-41-49(46-20-10-7-11-21-46)34-37-61(60)72(63(59)44-55)64-42-52(38-39-69-64)68(4,5)6;/h7-42,45H,1-6H3;/q-3;. The number of fused-ring (bicyclic) bond motifs is 4. The van der Waals surface area contributed by atoms with E-state index < -0.39 is 0 Å². The monoisotopic (exact) mass is 1140 g/mol. The molecule has 0 fully saturated rings. The van der Waals surface area contributed by atoms with E-state index in [4.69, 9.17) is 9.72 Å². The molecule has 3 heterocycles. The van der Waals surface area contributed by atoms with Gasteiger partial charge in [-0.1, -0.05) is 205 Å². The first-order valence-electron chi connectivity index (χ1n) is 25.1. The predicted octanol–water partition coefficient (Wildman–Crippen LogP) is 18.2. The van der Waals surface area contributed by atoms with Gasteiger partial charge in [0.05, 0.1) is 0 Å². The van der Waals surface area contributed by atoms with Crippen molar-refractivity contribution in [2.24, 2.45) is 0 Å². The number of nitrogens with zero attached hydrogens (tertiary/aromatic N) is 4. The molecule has 5 nitrogen and oxygen atoms in total. The van der Waals surface area contributed by atoms with E-state index in [2.05, 4.69) is 269 Å². The van der Waals surface area contributed by atoms with E-state index in [0.717, 1.165) is 89.3 Å². The van der Waals surface area contributed by atoms with E-state index in [1.807, 2.05) is 24.4 Å². The van der Waals surface area contributed by atoms with Crippen LogP contribution in [0, 0.1) is 18.8 Å². The minimum atomic E-state index is -0.0611. The van der Waals surface area contributed by atoms with Crippen molar-refractivity contribution in [2.45, 2.75) is 52.4 Å². The zero-order valence-corrected chi connectivity index (χ0v) is 44.6. The van der Waals surface area contributed by atoms with Gasteiger partial charge in [0.1, 0.15) is 5.82 Å². The summed E-state index contributed by atoms with van der Waals surface area (Å²) < 4.78 is 9.06. The van der Waals surface area contributed by atoms with Gasteiger partial charge in [-0.15, -0.1) is 48.1 Å². The summed E-state index contributed by atoms with van der Waals surface area (Å²) in [6.45, 7) is 15.8. The smallest absolute Gasteiger partial charge is 0.135 e. The van der Waals surface area contributed by atoms with Crippen molar-refractivity contribution in [1.29, 1.82) is 0 Å². The number of rotatable bonds is 9. The van der Waals surface area contributed by atoms with E-state index in [9.17, 15) is 0 Å². The topological polar surface area (TPSA) is 33.5 Å². The molecule has 9 aromatic carbocycles. The Labute approximate surface area is 449 Å². The second kappa shape index (κ2) is 19.5. The largest absolute Gasteiger partial charge is 0.509 e. The molecule has 12 rings (SSSR count). The molecule has 74 heavy (non-hydrogen) atoms. The van der Waals surface area contributed by atoms with Crippen LogP contribution in [0.1, 0.15) is 52.7 Å². The van der Waals surface area contributed by atoms with Crippen LogP contribution in [0.2, 0.25) is 0 Å². The van der Waals surface area contributed by atoms with Crippen LogP contribution in [0.3, 0.4) is 0 Å². The predicted molar refractivity (Wildman–Crippen MR) is 303 cm³/mol. The normalized spacial score (nSPS) is 12.5. The second-order valence-corrected chi connectivity index (χ2v) is 21.0. The Morgan fingerprint density at radius 2 is 1.03 bits per heavy atom. The molecular formula is C68H55N4OPt-3. The molecule has 0 amide bonds. The molecule has 0 saturated carbocycles. The average Bonchev–Trinajstić information content (AvgIpc) is 3.97. The maximum Gasteiger partial charge on any atom is 0.135 e. The van der Waals surface area contributed by atoms with Crippen LogP contribution < -0.4 is 14.5 Å². The molecule has 0 unspecified atom stereocenters. The van der Waals surface area contributed by atoms with Gasteiger partial charge in [0.25, 0.3) is 0 Å². The first-order valence-corrected chi connectivity index (χ1v) is 25.1. The van der Waals surface area contributed by atoms with Crippen molar-refractivity contribution in [3.8, 4) is 61.8 Å². The Morgan fingerprint density at radius 3 is 1.70 bits per heavy atom. The van der Waals surface area contributed by atoms with Gasteiger partial charge in [-0.2, -0.15) is 12.1 Å². The molecular weight excluding hydrogens is 1080 g/mol. The molecule has 6 heteroatoms. The second-order valence-electron chi connectivity index (χ2n) is 21.0. The van der Waals surface area contributed by atoms with Gasteiger partial charge in [0, 0.05) is 78.0 Å². The number of benzene rings is 9. The van der Waals surface area contributed by atoms with Gasteiger partial charge < -0.3 is 19.1 Å². The van der Waals surface area contributed by atoms with Crippen molar-refractivity contribution in [3.05, 3.63) is 248 Å². The van der Waals surface area contributed by atoms with Gasteiger partial charge >= 0.3 is 0 Å². The minimum absolute atomic E-state index is 0. The number of aromatic nitrogens is 2. The molecule has 0 radical (unpaired) electrons. The van der Waals surface area contributed by atoms with Gasteiger partial charge in [-0.25, -0.2) is 4.98 Å². The van der Waals surface area contributed by atoms with E-state index in [0.29, 0.717) is 11.5 Å². The fourth-order valence-electron chi connectivity index (χ4n) is 10.3. The van der Waals surface area contributed by atoms with Crippen LogP contribution in [-0.4, -0.2) is 9.55 Å². The Balaban J connectivity index is 0.00000588. The Bertz CT molecular complexity index is 3780. The summed E-state index contributed by atoms with van der Waals surface area (Å²) in [7, 11) is 0. The first kappa shape index (κ1) is 48.3. The van der Waals surface area contributed by atoms with Gasteiger partial charge in [-0.3, -0.25) is 0 Å². The molecule has 0 bridgehead atoms. The molecule has 11 aromatic rings. The fourth-order valence-corrected chi connectivity index (χ4v) is 10.3. The number of pyridine rings is 1. The summed E-state index contributed by atoms with van der Waals surface area (Å²) in [6.07, 6.45) is 1.91. The zero-order valence-electron chi connectivity index (χ0n) is 42.4. The number of ether oxygens (including phenoxy) is 1. The summed E-state index contributed by atoms with van der Waals surface area (Å²) in [5.74, 6) is 1.99. The average molecular weight is 1140 g/mol. The van der Waals surface area contributed by atoms with E-state index >= 15 is 0 Å². The molecule has 1 aliphatic heterocycles. The van der Waals surface area contributed by atoms with Gasteiger partial charge in [0.2, 0.25) is 0 Å². The van der Waals surface area contributed by atoms with Crippen molar-refractivity contribution in [2.75, 3.05) is 9.80 Å². The quantitative estimate of drug-likeness (QED) is 0.135. The van der Waals surface area contributed by atoms with Crippen LogP contribution in [0.15, 0.2) is 219 Å². The Hall–Kier alpha value is -7.98. The van der Waals surface area contributed by atoms with Crippen molar-refractivity contribution < 1.29 is 25.8 Å². The van der Waals surface area contributed by atoms with Gasteiger partial charge in [0.15, 0.2) is 0 Å². The maximum absolute atomic E-state index is 6.84. The van der Waals surface area contributed by atoms with Crippen molar-refractivity contribution in [1.82, 2.24) is 9.55 Å². The van der Waals surface area contributed by atoms with Crippen molar-refractivity contribution in [3.63, 3.8) is 0 Å². The van der Waals surface area contributed by atoms with Crippen LogP contribution in [0.4, 0.5) is 22.7 Å². The molecule has 1 aliphatic rings. The molecule has 366 valence electrons. The summed E-state index contributed by atoms with van der Waals surface area (Å²) in [4.78, 5) is 9.60. The Morgan fingerprint density at radius 1 is 0.446 bits per heavy atom. The van der Waals surface area contributed by atoms with Crippen LogP contribution in [0.5, 0.6) is 11.5 Å². The van der Waals surface area contributed by atoms with Crippen molar-refractivity contribution >= 4 is 44.6 Å². The molecule has 0 saturated heterocycles. The third-order valence-electron chi connectivity index (χ3n) is 14.1. The maximum atomic E-state index is 6.84. The molecule has 0 N–H and O–H groups in total. The summed E-state index contributed by atoms with van der Waals surface area (Å²) in [5.41, 5.74) is 17.5. The number of hydrogen-bond donors (Lipinski definition) is 0. The van der Waals surface area contributed by atoms with Crippen LogP contribution in [-0.2, 0) is 31.9 Å². The minimum Gasteiger partial charge on any atom is -0.509 e. The van der Waals surface area contributed by atoms with Gasteiger partial charge in [-0.05, 0) is 79.4 Å². The number of hydrogen-bond acceptors (Lipinski definition) is 4. The number of para-hydroxylation sites is 2. The first-order chi connectivity index (χ1) is 35.5. The SMILES string of the molecule is CC(C)(C)c1cccc(-c2cccc3c2N(c2c(-c4ccccc4)cccc2-c2ccccc2)[CH-]N3c2[c-]c(Oc3[c-]c4c(cc3)c3cc(-c5ccccc5)ccc3n4-c3cc(C(C)(C)C)ccn3)ccc2)c1.[Pt]. The third-order valence-corrected chi connectivity index (χ3v) is 14.1. The molecule has 0 atom stereocenters. The number of anilines is 4. The summed E-state index contributed by atoms with van der Waals surface area (Å²) in [6, 6.07) is 83.0. The fraction of sp³-hybridized carbons (Fsp3) is 0.118. The van der Waals surface area contributed by atoms with E-state index in [1.165, 1.54) is 16.7 Å². The summed E-state index contributed by atoms with van der Waals surface area (Å²) >= 11 is 0. The molecule has 0 spiro atoms.